The lowest BCUT2D eigenvalue weighted by Crippen LogP contribution is -2.08. The normalized spacial score (nSPS) is 11.1. The number of nitrogens with one attached hydrogen (secondary N) is 1. The number of aromatic amines is 1. The molecule has 0 aliphatic heterocycles. The second kappa shape index (κ2) is 7.18. The molecule has 0 amide bonds. The van der Waals surface area contributed by atoms with Crippen LogP contribution in [-0.2, 0) is 4.79 Å². The maximum Gasteiger partial charge on any atom is 0.170 e. The number of fused-ring (bicyclic) bond motifs is 1. The van der Waals surface area contributed by atoms with Gasteiger partial charge >= 0.3 is 0 Å². The Kier molecular flexibility index (Phi) is 4.80. The van der Waals surface area contributed by atoms with Crippen molar-refractivity contribution in [3.8, 4) is 0 Å². The van der Waals surface area contributed by atoms with Crippen molar-refractivity contribution >= 4 is 34.2 Å². The molecule has 2 aromatic carbocycles. The van der Waals surface area contributed by atoms with Crippen LogP contribution >= 0.6 is 0 Å². The summed E-state index contributed by atoms with van der Waals surface area (Å²) in [6.07, 6.45) is 4.91. The largest absolute Gasteiger partial charge is 0.378 e. The van der Waals surface area contributed by atoms with Crippen molar-refractivity contribution in [1.82, 2.24) is 4.98 Å². The Morgan fingerprint density at radius 2 is 1.80 bits per heavy atom. The van der Waals surface area contributed by atoms with Gasteiger partial charge in [-0.3, -0.25) is 9.59 Å². The van der Waals surface area contributed by atoms with E-state index in [9.17, 15) is 9.59 Å². The Morgan fingerprint density at radius 3 is 2.52 bits per heavy atom. The molecule has 0 aliphatic carbocycles. The van der Waals surface area contributed by atoms with Crippen LogP contribution in [0, 0.1) is 0 Å². The van der Waals surface area contributed by atoms with E-state index >= 15 is 0 Å². The topological polar surface area (TPSA) is 53.2 Å². The second-order valence-electron chi connectivity index (χ2n) is 6.17. The van der Waals surface area contributed by atoms with Gasteiger partial charge in [-0.05, 0) is 41.3 Å². The third-order valence-corrected chi connectivity index (χ3v) is 4.08. The van der Waals surface area contributed by atoms with Crippen molar-refractivity contribution in [2.75, 3.05) is 19.0 Å². The van der Waals surface area contributed by atoms with Gasteiger partial charge in [0.15, 0.2) is 11.6 Å². The minimum atomic E-state index is -0.201. The second-order valence-corrected chi connectivity index (χ2v) is 6.17. The Hall–Kier alpha value is -3.14. The van der Waals surface area contributed by atoms with Crippen molar-refractivity contribution in [2.45, 2.75) is 6.42 Å². The minimum absolute atomic E-state index is 0.126. The maximum atomic E-state index is 12.3. The molecular weight excluding hydrogens is 312 g/mol. The van der Waals surface area contributed by atoms with Crippen LogP contribution in [0.2, 0.25) is 0 Å². The first-order chi connectivity index (χ1) is 12.0. The predicted octanol–water partition coefficient (Wildman–Crippen LogP) is 4.09. The van der Waals surface area contributed by atoms with Crippen molar-refractivity contribution in [3.05, 3.63) is 71.9 Å². The van der Waals surface area contributed by atoms with Crippen LogP contribution in [0.4, 0.5) is 5.69 Å². The summed E-state index contributed by atoms with van der Waals surface area (Å²) in [5.41, 5.74) is 3.47. The predicted molar refractivity (Wildman–Crippen MR) is 102 cm³/mol. The SMILES string of the molecule is CN(C)c1ccc(/C=C/C(=O)CC(=O)c2ccc3cc[nH]c3c2)cc1. The molecule has 0 saturated carbocycles. The molecule has 0 saturated heterocycles. The summed E-state index contributed by atoms with van der Waals surface area (Å²) in [5, 5.41) is 1.05. The number of benzene rings is 2. The van der Waals surface area contributed by atoms with E-state index in [4.69, 9.17) is 0 Å². The van der Waals surface area contributed by atoms with Crippen molar-refractivity contribution in [3.63, 3.8) is 0 Å². The van der Waals surface area contributed by atoms with Crippen LogP contribution in [0.1, 0.15) is 22.3 Å². The Bertz CT molecular complexity index is 934. The number of hydrogen-bond acceptors (Lipinski definition) is 3. The molecule has 0 unspecified atom stereocenters. The molecule has 25 heavy (non-hydrogen) atoms. The Balaban J connectivity index is 1.63. The average molecular weight is 332 g/mol. The number of allylic oxidation sites excluding steroid dienone is 1. The fourth-order valence-electron chi connectivity index (χ4n) is 2.61. The van der Waals surface area contributed by atoms with Gasteiger partial charge in [-0.1, -0.05) is 30.3 Å². The van der Waals surface area contributed by atoms with E-state index in [-0.39, 0.29) is 18.0 Å². The summed E-state index contributed by atoms with van der Waals surface area (Å²) in [7, 11) is 3.95. The lowest BCUT2D eigenvalue weighted by molar-refractivity contribution is -0.113. The van der Waals surface area contributed by atoms with Crippen LogP contribution in [0.15, 0.2) is 60.8 Å². The number of ketones is 2. The molecule has 1 aromatic heterocycles. The van der Waals surface area contributed by atoms with Crippen molar-refractivity contribution in [1.29, 1.82) is 0 Å². The van der Waals surface area contributed by atoms with Crippen molar-refractivity contribution in [2.24, 2.45) is 0 Å². The summed E-state index contributed by atoms with van der Waals surface area (Å²) in [4.78, 5) is 29.4. The van der Waals surface area contributed by atoms with Gasteiger partial charge in [0, 0.05) is 37.1 Å². The molecule has 3 aromatic rings. The highest BCUT2D eigenvalue weighted by Gasteiger charge is 2.10. The lowest BCUT2D eigenvalue weighted by atomic mass is 10.0. The number of rotatable bonds is 6. The highest BCUT2D eigenvalue weighted by molar-refractivity contribution is 6.13. The quantitative estimate of drug-likeness (QED) is 0.420. The number of anilines is 1. The number of H-pyrrole nitrogens is 1. The van der Waals surface area contributed by atoms with E-state index in [1.807, 2.05) is 61.6 Å². The molecule has 0 aliphatic rings. The summed E-state index contributed by atoms with van der Waals surface area (Å²) < 4.78 is 0. The molecule has 3 rings (SSSR count). The van der Waals surface area contributed by atoms with Gasteiger partial charge in [-0.15, -0.1) is 0 Å². The third-order valence-electron chi connectivity index (χ3n) is 4.08. The Morgan fingerprint density at radius 1 is 1.04 bits per heavy atom. The average Bonchev–Trinajstić information content (AvgIpc) is 3.08. The fraction of sp³-hybridized carbons (Fsp3) is 0.143. The first-order valence-electron chi connectivity index (χ1n) is 8.11. The fourth-order valence-corrected chi connectivity index (χ4v) is 2.61. The van der Waals surface area contributed by atoms with Gasteiger partial charge < -0.3 is 9.88 Å². The smallest absolute Gasteiger partial charge is 0.170 e. The van der Waals surface area contributed by atoms with E-state index in [0.717, 1.165) is 22.2 Å². The first kappa shape index (κ1) is 16.7. The number of nitrogens with zero attached hydrogens (tertiary/aromatic N) is 1. The zero-order valence-corrected chi connectivity index (χ0v) is 14.3. The first-order valence-corrected chi connectivity index (χ1v) is 8.11. The molecule has 0 atom stereocenters. The highest BCUT2D eigenvalue weighted by Crippen LogP contribution is 2.16. The van der Waals surface area contributed by atoms with Gasteiger partial charge in [0.2, 0.25) is 0 Å². The van der Waals surface area contributed by atoms with Gasteiger partial charge in [-0.2, -0.15) is 0 Å². The standard InChI is InChI=1S/C21H20N2O2/c1-23(2)18-8-3-15(4-9-18)5-10-19(24)14-21(25)17-7-6-16-11-12-22-20(16)13-17/h3-13,22H,14H2,1-2H3/b10-5+. The number of carbonyl (C=O) groups excluding carboxylic acids is 2. The number of carbonyl (C=O) groups is 2. The van der Waals surface area contributed by atoms with Crippen LogP contribution in [0.5, 0.6) is 0 Å². The zero-order chi connectivity index (χ0) is 17.8. The van der Waals surface area contributed by atoms with E-state index in [2.05, 4.69) is 4.98 Å². The summed E-state index contributed by atoms with van der Waals surface area (Å²) in [6, 6.07) is 15.2. The summed E-state index contributed by atoms with van der Waals surface area (Å²) in [5.74, 6) is -0.373. The molecule has 1 N–H and O–H groups in total. The molecule has 4 heteroatoms. The van der Waals surface area contributed by atoms with Gasteiger partial charge in [-0.25, -0.2) is 0 Å². The van der Waals surface area contributed by atoms with Crippen molar-refractivity contribution < 1.29 is 9.59 Å². The lowest BCUT2D eigenvalue weighted by Gasteiger charge is -2.11. The number of aromatic nitrogens is 1. The molecule has 0 bridgehead atoms. The number of Topliss-reactive ketones (excluding diaryl/α,β-unsaturated/α-hetero) is 1. The van der Waals surface area contributed by atoms with Gasteiger partial charge in [0.05, 0.1) is 6.42 Å². The van der Waals surface area contributed by atoms with Gasteiger partial charge in [0.1, 0.15) is 0 Å². The molecule has 1 heterocycles. The van der Waals surface area contributed by atoms with E-state index < -0.39 is 0 Å². The molecule has 0 radical (unpaired) electrons. The maximum absolute atomic E-state index is 12.3. The van der Waals surface area contributed by atoms with Crippen LogP contribution in [-0.4, -0.2) is 30.6 Å². The Labute approximate surface area is 146 Å². The van der Waals surface area contributed by atoms with Crippen LogP contribution in [0.25, 0.3) is 17.0 Å². The van der Waals surface area contributed by atoms with Crippen LogP contribution in [0.3, 0.4) is 0 Å². The summed E-state index contributed by atoms with van der Waals surface area (Å²) in [6.45, 7) is 0. The number of hydrogen-bond donors (Lipinski definition) is 1. The van der Waals surface area contributed by atoms with Crippen LogP contribution < -0.4 is 4.90 Å². The van der Waals surface area contributed by atoms with E-state index in [1.165, 1.54) is 6.08 Å². The molecule has 126 valence electrons. The summed E-state index contributed by atoms with van der Waals surface area (Å²) >= 11 is 0. The monoisotopic (exact) mass is 332 g/mol. The molecule has 0 fully saturated rings. The van der Waals surface area contributed by atoms with Gasteiger partial charge in [0.25, 0.3) is 0 Å². The minimum Gasteiger partial charge on any atom is -0.378 e. The van der Waals surface area contributed by atoms with E-state index in [0.29, 0.717) is 5.56 Å². The molecular formula is C21H20N2O2. The molecule has 0 spiro atoms. The third kappa shape index (κ3) is 4.04. The molecule has 4 nitrogen and oxygen atoms in total. The van der Waals surface area contributed by atoms with E-state index in [1.54, 1.807) is 18.2 Å². The highest BCUT2D eigenvalue weighted by atomic mass is 16.1. The zero-order valence-electron chi connectivity index (χ0n) is 14.3.